The van der Waals surface area contributed by atoms with Gasteiger partial charge in [0.1, 0.15) is 5.60 Å². The van der Waals surface area contributed by atoms with E-state index >= 15 is 0 Å². The summed E-state index contributed by atoms with van der Waals surface area (Å²) in [6.45, 7) is 13.3. The molecule has 21 heavy (non-hydrogen) atoms. The van der Waals surface area contributed by atoms with Gasteiger partial charge in [0.2, 0.25) is 5.89 Å². The Morgan fingerprint density at radius 1 is 1.19 bits per heavy atom. The summed E-state index contributed by atoms with van der Waals surface area (Å²) in [4.78, 5) is 6.74. The fourth-order valence-corrected chi connectivity index (χ4v) is 3.10. The molecular weight excluding hydrogens is 270 g/mol. The molecule has 1 aromatic rings. The monoisotopic (exact) mass is 295 g/mol. The standard InChI is InChI=1S/C15H25N3O3/c1-13(2,3)11-16-12(17-20-11)18-8-14(4,5)21-15(9-18)6-7-19-10-15/h6-10H2,1-5H3. The molecule has 6 heteroatoms. The predicted molar refractivity (Wildman–Crippen MR) is 78.5 cm³/mol. The van der Waals surface area contributed by atoms with Gasteiger partial charge in [-0.05, 0) is 19.0 Å². The largest absolute Gasteiger partial charge is 0.378 e. The second-order valence-corrected chi connectivity index (χ2v) is 7.85. The second kappa shape index (κ2) is 4.68. The number of anilines is 1. The number of morpholine rings is 1. The van der Waals surface area contributed by atoms with Crippen molar-refractivity contribution in [1.29, 1.82) is 0 Å². The third-order valence-electron chi connectivity index (χ3n) is 3.95. The molecule has 0 saturated carbocycles. The van der Waals surface area contributed by atoms with Gasteiger partial charge in [-0.2, -0.15) is 4.98 Å². The van der Waals surface area contributed by atoms with Crippen molar-refractivity contribution in [3.05, 3.63) is 5.89 Å². The summed E-state index contributed by atoms with van der Waals surface area (Å²) >= 11 is 0. The minimum absolute atomic E-state index is 0.138. The van der Waals surface area contributed by atoms with Crippen LogP contribution in [-0.2, 0) is 14.9 Å². The van der Waals surface area contributed by atoms with Gasteiger partial charge < -0.3 is 18.9 Å². The van der Waals surface area contributed by atoms with E-state index in [1.807, 2.05) is 0 Å². The van der Waals surface area contributed by atoms with Gasteiger partial charge in [0.05, 0.1) is 18.8 Å². The molecule has 0 amide bonds. The van der Waals surface area contributed by atoms with Crippen LogP contribution in [0.2, 0.25) is 0 Å². The molecule has 118 valence electrons. The molecule has 0 aromatic carbocycles. The first-order valence-electron chi connectivity index (χ1n) is 7.56. The van der Waals surface area contributed by atoms with Crippen LogP contribution >= 0.6 is 0 Å². The average Bonchev–Trinajstić information content (AvgIpc) is 2.94. The lowest BCUT2D eigenvalue weighted by atomic mass is 9.95. The lowest BCUT2D eigenvalue weighted by Gasteiger charge is -2.47. The summed E-state index contributed by atoms with van der Waals surface area (Å²) in [5, 5.41) is 4.17. The molecule has 1 aromatic heterocycles. The smallest absolute Gasteiger partial charge is 0.266 e. The number of rotatable bonds is 1. The van der Waals surface area contributed by atoms with Crippen LogP contribution < -0.4 is 4.90 Å². The van der Waals surface area contributed by atoms with Crippen LogP contribution in [0.25, 0.3) is 0 Å². The van der Waals surface area contributed by atoms with Gasteiger partial charge in [0.25, 0.3) is 5.95 Å². The Kier molecular flexibility index (Phi) is 3.29. The van der Waals surface area contributed by atoms with E-state index in [0.29, 0.717) is 18.4 Å². The number of ether oxygens (including phenoxy) is 2. The third kappa shape index (κ3) is 2.92. The van der Waals surface area contributed by atoms with Gasteiger partial charge in [-0.15, -0.1) is 0 Å². The fourth-order valence-electron chi connectivity index (χ4n) is 3.10. The van der Waals surface area contributed by atoms with E-state index in [1.54, 1.807) is 0 Å². The summed E-state index contributed by atoms with van der Waals surface area (Å²) in [6, 6.07) is 0. The normalized spacial score (nSPS) is 29.3. The molecule has 2 saturated heterocycles. The van der Waals surface area contributed by atoms with Gasteiger partial charge in [-0.3, -0.25) is 0 Å². The molecule has 0 radical (unpaired) electrons. The minimum atomic E-state index is -0.255. The van der Waals surface area contributed by atoms with E-state index in [9.17, 15) is 0 Å². The van der Waals surface area contributed by atoms with E-state index in [0.717, 1.165) is 26.1 Å². The second-order valence-electron chi connectivity index (χ2n) is 7.85. The maximum absolute atomic E-state index is 6.30. The lowest BCUT2D eigenvalue weighted by molar-refractivity contribution is -0.151. The summed E-state index contributed by atoms with van der Waals surface area (Å²) in [7, 11) is 0. The minimum Gasteiger partial charge on any atom is -0.378 e. The molecule has 2 fully saturated rings. The SMILES string of the molecule is CC1(C)CN(c2noc(C(C)(C)C)n2)CC2(CCOC2)O1. The lowest BCUT2D eigenvalue weighted by Crippen LogP contribution is -2.60. The van der Waals surface area contributed by atoms with E-state index in [2.05, 4.69) is 49.7 Å². The highest BCUT2D eigenvalue weighted by atomic mass is 16.6. The Hall–Kier alpha value is -1.14. The molecule has 1 spiro atoms. The van der Waals surface area contributed by atoms with Crippen molar-refractivity contribution in [2.24, 2.45) is 0 Å². The number of aromatic nitrogens is 2. The highest BCUT2D eigenvalue weighted by molar-refractivity contribution is 5.32. The first-order chi connectivity index (χ1) is 9.69. The van der Waals surface area contributed by atoms with Crippen LogP contribution in [-0.4, -0.2) is 47.6 Å². The molecule has 0 bridgehead atoms. The Balaban J connectivity index is 1.85. The zero-order chi connectivity index (χ0) is 15.3. The summed E-state index contributed by atoms with van der Waals surface area (Å²) in [5.74, 6) is 1.32. The number of hydrogen-bond acceptors (Lipinski definition) is 6. The van der Waals surface area contributed by atoms with Crippen molar-refractivity contribution >= 4 is 5.95 Å². The highest BCUT2D eigenvalue weighted by Crippen LogP contribution is 2.36. The zero-order valence-electron chi connectivity index (χ0n) is 13.6. The summed E-state index contributed by atoms with van der Waals surface area (Å²) in [5.41, 5.74) is -0.639. The summed E-state index contributed by atoms with van der Waals surface area (Å²) in [6.07, 6.45) is 0.914. The maximum atomic E-state index is 6.30. The fraction of sp³-hybridized carbons (Fsp3) is 0.867. The van der Waals surface area contributed by atoms with Crippen molar-refractivity contribution in [1.82, 2.24) is 10.1 Å². The average molecular weight is 295 g/mol. The molecular formula is C15H25N3O3. The summed E-state index contributed by atoms with van der Waals surface area (Å²) < 4.78 is 17.3. The van der Waals surface area contributed by atoms with Gasteiger partial charge in [0, 0.05) is 25.0 Å². The first kappa shape index (κ1) is 14.8. The highest BCUT2D eigenvalue weighted by Gasteiger charge is 2.47. The van der Waals surface area contributed by atoms with Crippen LogP contribution in [0.5, 0.6) is 0 Å². The van der Waals surface area contributed by atoms with Crippen LogP contribution in [0.15, 0.2) is 4.52 Å². The Bertz CT molecular complexity index is 512. The molecule has 2 aliphatic rings. The maximum Gasteiger partial charge on any atom is 0.266 e. The Labute approximate surface area is 125 Å². The van der Waals surface area contributed by atoms with Gasteiger partial charge in [0.15, 0.2) is 0 Å². The van der Waals surface area contributed by atoms with Crippen LogP contribution in [0.4, 0.5) is 5.95 Å². The van der Waals surface area contributed by atoms with Crippen molar-refractivity contribution in [3.8, 4) is 0 Å². The third-order valence-corrected chi connectivity index (χ3v) is 3.95. The molecule has 0 N–H and O–H groups in total. The van der Waals surface area contributed by atoms with Crippen molar-refractivity contribution in [2.45, 2.75) is 57.7 Å². The van der Waals surface area contributed by atoms with Crippen LogP contribution in [0.1, 0.15) is 46.9 Å². The van der Waals surface area contributed by atoms with Gasteiger partial charge in [-0.1, -0.05) is 20.8 Å². The molecule has 6 nitrogen and oxygen atoms in total. The van der Waals surface area contributed by atoms with Crippen molar-refractivity contribution in [3.63, 3.8) is 0 Å². The first-order valence-corrected chi connectivity index (χ1v) is 7.56. The molecule has 2 aliphatic heterocycles. The van der Waals surface area contributed by atoms with Crippen molar-refractivity contribution < 1.29 is 14.0 Å². The zero-order valence-corrected chi connectivity index (χ0v) is 13.6. The van der Waals surface area contributed by atoms with E-state index in [1.165, 1.54) is 0 Å². The molecule has 3 heterocycles. The topological polar surface area (TPSA) is 60.6 Å². The molecule has 1 atom stereocenters. The number of nitrogens with zero attached hydrogens (tertiary/aromatic N) is 3. The number of hydrogen-bond donors (Lipinski definition) is 0. The van der Waals surface area contributed by atoms with E-state index < -0.39 is 0 Å². The molecule has 1 unspecified atom stereocenters. The Morgan fingerprint density at radius 2 is 1.95 bits per heavy atom. The van der Waals surface area contributed by atoms with Crippen molar-refractivity contribution in [2.75, 3.05) is 31.2 Å². The Morgan fingerprint density at radius 3 is 2.52 bits per heavy atom. The van der Waals surface area contributed by atoms with Gasteiger partial charge >= 0.3 is 0 Å². The van der Waals surface area contributed by atoms with Crippen LogP contribution in [0, 0.1) is 0 Å². The van der Waals surface area contributed by atoms with Gasteiger partial charge in [-0.25, -0.2) is 0 Å². The quantitative estimate of drug-likeness (QED) is 0.791. The molecule has 0 aliphatic carbocycles. The molecule has 3 rings (SSSR count). The predicted octanol–water partition coefficient (Wildman–Crippen LogP) is 2.14. The van der Waals surface area contributed by atoms with E-state index in [4.69, 9.17) is 14.0 Å². The van der Waals surface area contributed by atoms with Crippen LogP contribution in [0.3, 0.4) is 0 Å². The van der Waals surface area contributed by atoms with E-state index in [-0.39, 0.29) is 16.6 Å².